The Labute approximate surface area is 149 Å². The Balaban J connectivity index is 1.42. The SMILES string of the molecule is Cc1nsc(N2CCCN(Cc3cn[nH]c3-c3cccs3)CC2)n1. The van der Waals surface area contributed by atoms with E-state index in [1.165, 1.54) is 22.0 Å². The zero-order chi connectivity index (χ0) is 16.4. The third-order valence-corrected chi connectivity index (χ3v) is 6.01. The van der Waals surface area contributed by atoms with Crippen LogP contribution in [-0.4, -0.2) is 50.6 Å². The number of nitrogens with one attached hydrogen (secondary N) is 1. The number of nitrogens with zero attached hydrogens (tertiary/aromatic N) is 5. The molecular weight excluding hydrogens is 340 g/mol. The maximum atomic E-state index is 4.53. The maximum Gasteiger partial charge on any atom is 0.205 e. The summed E-state index contributed by atoms with van der Waals surface area (Å²) in [5.41, 5.74) is 2.43. The fraction of sp³-hybridized carbons (Fsp3) is 0.438. The molecule has 0 aromatic carbocycles. The summed E-state index contributed by atoms with van der Waals surface area (Å²) in [6, 6.07) is 4.22. The number of rotatable bonds is 4. The van der Waals surface area contributed by atoms with Gasteiger partial charge in [0.15, 0.2) is 0 Å². The smallest absolute Gasteiger partial charge is 0.205 e. The molecule has 8 heteroatoms. The van der Waals surface area contributed by atoms with E-state index in [4.69, 9.17) is 0 Å². The Morgan fingerprint density at radius 3 is 3.00 bits per heavy atom. The summed E-state index contributed by atoms with van der Waals surface area (Å²) in [5.74, 6) is 0.870. The van der Waals surface area contributed by atoms with Gasteiger partial charge in [0.25, 0.3) is 0 Å². The highest BCUT2D eigenvalue weighted by molar-refractivity contribution is 7.13. The van der Waals surface area contributed by atoms with Crippen molar-refractivity contribution in [2.75, 3.05) is 31.1 Å². The van der Waals surface area contributed by atoms with E-state index < -0.39 is 0 Å². The van der Waals surface area contributed by atoms with Gasteiger partial charge in [0.2, 0.25) is 5.13 Å². The van der Waals surface area contributed by atoms with Crippen molar-refractivity contribution in [2.45, 2.75) is 19.9 Å². The first-order valence-corrected chi connectivity index (χ1v) is 9.78. The van der Waals surface area contributed by atoms with Crippen molar-refractivity contribution in [3.63, 3.8) is 0 Å². The number of aromatic amines is 1. The van der Waals surface area contributed by atoms with E-state index in [1.807, 2.05) is 13.1 Å². The lowest BCUT2D eigenvalue weighted by atomic mass is 10.2. The van der Waals surface area contributed by atoms with Crippen LogP contribution in [0.1, 0.15) is 17.8 Å². The molecule has 0 bridgehead atoms. The molecule has 0 radical (unpaired) electrons. The van der Waals surface area contributed by atoms with E-state index in [0.29, 0.717) is 0 Å². The zero-order valence-corrected chi connectivity index (χ0v) is 15.2. The lowest BCUT2D eigenvalue weighted by Gasteiger charge is -2.21. The predicted octanol–water partition coefficient (Wildman–Crippen LogP) is 3.01. The molecule has 4 heterocycles. The average molecular weight is 361 g/mol. The minimum Gasteiger partial charge on any atom is -0.346 e. The number of aromatic nitrogens is 4. The van der Waals surface area contributed by atoms with Gasteiger partial charge >= 0.3 is 0 Å². The van der Waals surface area contributed by atoms with Gasteiger partial charge in [-0.3, -0.25) is 10.00 Å². The number of aryl methyl sites for hydroxylation is 1. The number of hydrogen-bond donors (Lipinski definition) is 1. The molecule has 1 saturated heterocycles. The second-order valence-electron chi connectivity index (χ2n) is 5.99. The number of H-pyrrole nitrogens is 1. The molecule has 0 unspecified atom stereocenters. The summed E-state index contributed by atoms with van der Waals surface area (Å²) in [6.45, 7) is 7.08. The minimum absolute atomic E-state index is 0.870. The molecule has 1 fully saturated rings. The van der Waals surface area contributed by atoms with Gasteiger partial charge in [-0.1, -0.05) is 6.07 Å². The Kier molecular flexibility index (Phi) is 4.59. The van der Waals surface area contributed by atoms with Crippen LogP contribution in [0.2, 0.25) is 0 Å². The topological polar surface area (TPSA) is 60.9 Å². The van der Waals surface area contributed by atoms with Crippen LogP contribution in [0.5, 0.6) is 0 Å². The second kappa shape index (κ2) is 7.00. The quantitative estimate of drug-likeness (QED) is 0.775. The molecule has 0 saturated carbocycles. The maximum absolute atomic E-state index is 4.53. The first-order valence-electron chi connectivity index (χ1n) is 8.13. The Morgan fingerprint density at radius 1 is 1.25 bits per heavy atom. The minimum atomic E-state index is 0.870. The van der Waals surface area contributed by atoms with E-state index >= 15 is 0 Å². The van der Waals surface area contributed by atoms with Crippen LogP contribution >= 0.6 is 22.9 Å². The molecule has 3 aromatic heterocycles. The zero-order valence-electron chi connectivity index (χ0n) is 13.6. The van der Waals surface area contributed by atoms with Gasteiger partial charge in [0.05, 0.1) is 16.8 Å². The van der Waals surface area contributed by atoms with Crippen LogP contribution < -0.4 is 4.90 Å². The Bertz CT molecular complexity index is 778. The molecule has 4 rings (SSSR count). The first kappa shape index (κ1) is 15.7. The Hall–Kier alpha value is -1.77. The third-order valence-electron chi connectivity index (χ3n) is 4.26. The highest BCUT2D eigenvalue weighted by Crippen LogP contribution is 2.27. The molecule has 0 amide bonds. The van der Waals surface area contributed by atoms with Crippen molar-refractivity contribution in [1.82, 2.24) is 24.5 Å². The van der Waals surface area contributed by atoms with Gasteiger partial charge in [-0.05, 0) is 24.8 Å². The van der Waals surface area contributed by atoms with Crippen LogP contribution in [0.3, 0.4) is 0 Å². The first-order chi connectivity index (χ1) is 11.8. The van der Waals surface area contributed by atoms with E-state index in [1.54, 1.807) is 11.3 Å². The number of thiophene rings is 1. The molecular formula is C16H20N6S2. The molecule has 6 nitrogen and oxygen atoms in total. The largest absolute Gasteiger partial charge is 0.346 e. The fourth-order valence-corrected chi connectivity index (χ4v) is 4.52. The molecule has 1 aliphatic rings. The number of hydrogen-bond acceptors (Lipinski definition) is 7. The van der Waals surface area contributed by atoms with Crippen molar-refractivity contribution in [1.29, 1.82) is 0 Å². The molecule has 0 aliphatic carbocycles. The van der Waals surface area contributed by atoms with E-state index in [2.05, 4.69) is 46.9 Å². The molecule has 1 N–H and O–H groups in total. The van der Waals surface area contributed by atoms with E-state index in [-0.39, 0.29) is 0 Å². The van der Waals surface area contributed by atoms with Crippen LogP contribution in [0, 0.1) is 6.92 Å². The van der Waals surface area contributed by atoms with Crippen LogP contribution in [-0.2, 0) is 6.54 Å². The van der Waals surface area contributed by atoms with Crippen LogP contribution in [0.15, 0.2) is 23.7 Å². The molecule has 3 aromatic rings. The highest BCUT2D eigenvalue weighted by Gasteiger charge is 2.19. The van der Waals surface area contributed by atoms with Gasteiger partial charge in [-0.2, -0.15) is 9.47 Å². The van der Waals surface area contributed by atoms with Gasteiger partial charge in [-0.25, -0.2) is 4.98 Å². The summed E-state index contributed by atoms with van der Waals surface area (Å²) in [6.07, 6.45) is 3.11. The molecule has 1 aliphatic heterocycles. The van der Waals surface area contributed by atoms with Crippen molar-refractivity contribution in [2.24, 2.45) is 0 Å². The fourth-order valence-electron chi connectivity index (χ4n) is 3.04. The van der Waals surface area contributed by atoms with E-state index in [0.717, 1.165) is 55.8 Å². The van der Waals surface area contributed by atoms with E-state index in [9.17, 15) is 0 Å². The van der Waals surface area contributed by atoms with Crippen molar-refractivity contribution >= 4 is 28.0 Å². The van der Waals surface area contributed by atoms with Crippen molar-refractivity contribution in [3.05, 3.63) is 35.1 Å². The number of anilines is 1. The Morgan fingerprint density at radius 2 is 2.21 bits per heavy atom. The molecule has 126 valence electrons. The lowest BCUT2D eigenvalue weighted by molar-refractivity contribution is 0.286. The van der Waals surface area contributed by atoms with Gasteiger partial charge in [-0.15, -0.1) is 11.3 Å². The molecule has 0 atom stereocenters. The third kappa shape index (κ3) is 3.35. The standard InChI is InChI=1S/C16H20N6S2/c1-12-18-16(24-20-12)22-6-3-5-21(7-8-22)11-13-10-17-19-15(13)14-4-2-9-23-14/h2,4,9-10H,3,5-8,11H2,1H3,(H,17,19). The summed E-state index contributed by atoms with van der Waals surface area (Å²) < 4.78 is 4.31. The predicted molar refractivity (Wildman–Crippen MR) is 98.7 cm³/mol. The monoisotopic (exact) mass is 360 g/mol. The van der Waals surface area contributed by atoms with Crippen molar-refractivity contribution < 1.29 is 0 Å². The summed E-state index contributed by atoms with van der Waals surface area (Å²) in [7, 11) is 0. The normalized spacial score (nSPS) is 16.5. The van der Waals surface area contributed by atoms with Crippen molar-refractivity contribution in [3.8, 4) is 10.6 Å². The summed E-state index contributed by atoms with van der Waals surface area (Å²) >= 11 is 3.25. The second-order valence-corrected chi connectivity index (χ2v) is 7.67. The summed E-state index contributed by atoms with van der Waals surface area (Å²) in [5, 5.41) is 10.6. The van der Waals surface area contributed by atoms with Gasteiger partial charge < -0.3 is 4.90 Å². The average Bonchev–Trinajstić information content (AvgIpc) is 3.29. The van der Waals surface area contributed by atoms with Crippen LogP contribution in [0.4, 0.5) is 5.13 Å². The highest BCUT2D eigenvalue weighted by atomic mass is 32.1. The van der Waals surface area contributed by atoms with Gasteiger partial charge in [0, 0.05) is 49.8 Å². The molecule has 0 spiro atoms. The van der Waals surface area contributed by atoms with Gasteiger partial charge in [0.1, 0.15) is 5.82 Å². The lowest BCUT2D eigenvalue weighted by Crippen LogP contribution is -2.30. The molecule has 24 heavy (non-hydrogen) atoms. The summed E-state index contributed by atoms with van der Waals surface area (Å²) in [4.78, 5) is 10.6. The van der Waals surface area contributed by atoms with Crippen LogP contribution in [0.25, 0.3) is 10.6 Å².